The molecule has 2 aromatic rings. The van der Waals surface area contributed by atoms with Gasteiger partial charge in [-0.2, -0.15) is 5.26 Å². The molecule has 0 amide bonds. The second-order valence-corrected chi connectivity index (χ2v) is 4.54. The summed E-state index contributed by atoms with van der Waals surface area (Å²) in [5.41, 5.74) is 4.32. The van der Waals surface area contributed by atoms with Gasteiger partial charge in [-0.05, 0) is 12.1 Å². The normalized spacial score (nSPS) is 10.0. The van der Waals surface area contributed by atoms with Crippen LogP contribution in [0.1, 0.15) is 26.4 Å². The van der Waals surface area contributed by atoms with Crippen molar-refractivity contribution in [3.05, 3.63) is 51.3 Å². The van der Waals surface area contributed by atoms with Crippen molar-refractivity contribution in [2.24, 2.45) is 0 Å². The predicted octanol–water partition coefficient (Wildman–Crippen LogP) is 1.32. The highest BCUT2D eigenvalue weighted by Gasteiger charge is 2.25. The third-order valence-corrected chi connectivity index (χ3v) is 3.23. The fourth-order valence-electron chi connectivity index (χ4n) is 2.12. The lowest BCUT2D eigenvalue weighted by atomic mass is 10.1. The lowest BCUT2D eigenvalue weighted by molar-refractivity contribution is -0.385. The topological polar surface area (TPSA) is 161 Å². The highest BCUT2D eigenvalue weighted by molar-refractivity contribution is 5.97. The van der Waals surface area contributed by atoms with Gasteiger partial charge in [0, 0.05) is 18.0 Å². The first kappa shape index (κ1) is 16.5. The number of methoxy groups -OCH3 is 1. The number of benzene rings is 1. The minimum Gasteiger partial charge on any atom is -0.477 e. The van der Waals surface area contributed by atoms with Crippen LogP contribution in [0.5, 0.6) is 0 Å². The van der Waals surface area contributed by atoms with E-state index in [4.69, 9.17) is 16.1 Å². The molecule has 10 heteroatoms. The molecule has 1 aromatic carbocycles. The van der Waals surface area contributed by atoms with E-state index in [1.54, 1.807) is 6.07 Å². The van der Waals surface area contributed by atoms with Gasteiger partial charge in [0.05, 0.1) is 23.3 Å². The van der Waals surface area contributed by atoms with E-state index in [9.17, 15) is 19.7 Å². The van der Waals surface area contributed by atoms with E-state index in [1.807, 2.05) is 0 Å². The van der Waals surface area contributed by atoms with Gasteiger partial charge in [0.15, 0.2) is 5.69 Å². The van der Waals surface area contributed by atoms with Crippen LogP contribution >= 0.6 is 0 Å². The van der Waals surface area contributed by atoms with E-state index in [2.05, 4.69) is 4.74 Å². The summed E-state index contributed by atoms with van der Waals surface area (Å²) in [5.74, 6) is -2.35. The summed E-state index contributed by atoms with van der Waals surface area (Å²) < 4.78 is 5.75. The van der Waals surface area contributed by atoms with Crippen LogP contribution in [-0.4, -0.2) is 33.6 Å². The van der Waals surface area contributed by atoms with Crippen LogP contribution in [0.25, 0.3) is 5.69 Å². The summed E-state index contributed by atoms with van der Waals surface area (Å²) in [7, 11) is 1.11. The number of rotatable bonds is 4. The van der Waals surface area contributed by atoms with Crippen molar-refractivity contribution in [1.82, 2.24) is 4.57 Å². The van der Waals surface area contributed by atoms with Crippen molar-refractivity contribution in [2.45, 2.75) is 0 Å². The summed E-state index contributed by atoms with van der Waals surface area (Å²) in [6.45, 7) is 0. The van der Waals surface area contributed by atoms with E-state index >= 15 is 0 Å². The number of nitro groups is 1. The third-order valence-electron chi connectivity index (χ3n) is 3.23. The minimum atomic E-state index is -1.51. The maximum atomic E-state index is 11.9. The van der Waals surface area contributed by atoms with Crippen LogP contribution in [0.15, 0.2) is 24.4 Å². The number of hydrogen-bond acceptors (Lipinski definition) is 7. The molecule has 10 nitrogen and oxygen atoms in total. The predicted molar refractivity (Wildman–Crippen MR) is 79.8 cm³/mol. The second kappa shape index (κ2) is 6.09. The maximum absolute atomic E-state index is 11.9. The Balaban J connectivity index is 2.76. The molecule has 0 unspecified atom stereocenters. The number of esters is 1. The molecule has 0 spiro atoms. The van der Waals surface area contributed by atoms with Gasteiger partial charge in [0.25, 0.3) is 5.69 Å². The number of hydrogen-bond donors (Lipinski definition) is 2. The van der Waals surface area contributed by atoms with Gasteiger partial charge in [-0.3, -0.25) is 10.1 Å². The smallest absolute Gasteiger partial charge is 0.357 e. The molecule has 122 valence electrons. The highest BCUT2D eigenvalue weighted by Crippen LogP contribution is 2.28. The third kappa shape index (κ3) is 2.61. The number of aromatic carboxylic acids is 1. The standard InChI is InChI=1S/C14H10N4O6/c1-24-14(21)12-11(16)7(5-15)6-17(12)8-2-3-10(18(22)23)9(4-8)13(19)20/h2-4,6H,16H2,1H3,(H,19,20). The van der Waals surface area contributed by atoms with Gasteiger partial charge >= 0.3 is 11.9 Å². The molecule has 0 aliphatic carbocycles. The van der Waals surface area contributed by atoms with E-state index in [0.717, 1.165) is 23.8 Å². The molecule has 0 aliphatic heterocycles. The van der Waals surface area contributed by atoms with Crippen LogP contribution in [0, 0.1) is 21.4 Å². The number of anilines is 1. The SMILES string of the molecule is COC(=O)c1c(N)c(C#N)cn1-c1ccc([N+](=O)[O-])c(C(=O)O)c1. The van der Waals surface area contributed by atoms with Gasteiger partial charge in [-0.25, -0.2) is 9.59 Å². The summed E-state index contributed by atoms with van der Waals surface area (Å²) in [6.07, 6.45) is 1.22. The van der Waals surface area contributed by atoms with E-state index in [0.29, 0.717) is 0 Å². The number of aromatic nitrogens is 1. The Morgan fingerprint density at radius 3 is 2.62 bits per heavy atom. The van der Waals surface area contributed by atoms with Gasteiger partial charge in [-0.15, -0.1) is 0 Å². The quantitative estimate of drug-likeness (QED) is 0.482. The molecule has 3 N–H and O–H groups in total. The summed E-state index contributed by atoms with van der Waals surface area (Å²) in [5, 5.41) is 29.1. The number of ether oxygens (including phenoxy) is 1. The van der Waals surface area contributed by atoms with E-state index in [1.165, 1.54) is 12.3 Å². The molecule has 0 radical (unpaired) electrons. The molecular formula is C14H10N4O6. The number of carboxylic acid groups (broad SMARTS) is 1. The Bertz CT molecular complexity index is 909. The minimum absolute atomic E-state index is 0.0226. The number of carbonyl (C=O) groups is 2. The lowest BCUT2D eigenvalue weighted by Crippen LogP contribution is -2.12. The van der Waals surface area contributed by atoms with Crippen LogP contribution in [0.2, 0.25) is 0 Å². The number of carboxylic acids is 1. The lowest BCUT2D eigenvalue weighted by Gasteiger charge is -2.09. The molecule has 0 saturated heterocycles. The molecule has 0 saturated carbocycles. The Hall–Kier alpha value is -3.87. The van der Waals surface area contributed by atoms with E-state index in [-0.39, 0.29) is 22.6 Å². The summed E-state index contributed by atoms with van der Waals surface area (Å²) >= 11 is 0. The van der Waals surface area contributed by atoms with Crippen molar-refractivity contribution < 1.29 is 24.4 Å². The maximum Gasteiger partial charge on any atom is 0.357 e. The number of nitriles is 1. The zero-order chi connectivity index (χ0) is 18.0. The number of nitrogen functional groups attached to an aromatic ring is 1. The number of nitro benzene ring substituents is 1. The van der Waals surface area contributed by atoms with Crippen molar-refractivity contribution >= 4 is 23.3 Å². The first-order valence-corrected chi connectivity index (χ1v) is 6.33. The molecule has 0 fully saturated rings. The zero-order valence-corrected chi connectivity index (χ0v) is 12.2. The van der Waals surface area contributed by atoms with Crippen LogP contribution < -0.4 is 5.73 Å². The molecule has 0 aliphatic rings. The van der Waals surface area contributed by atoms with Crippen molar-refractivity contribution in [1.29, 1.82) is 5.26 Å². The number of carbonyl (C=O) groups excluding carboxylic acids is 1. The summed E-state index contributed by atoms with van der Waals surface area (Å²) in [4.78, 5) is 33.2. The van der Waals surface area contributed by atoms with Crippen LogP contribution in [0.4, 0.5) is 11.4 Å². The molecular weight excluding hydrogens is 320 g/mol. The monoisotopic (exact) mass is 330 g/mol. The van der Waals surface area contributed by atoms with Gasteiger partial charge < -0.3 is 20.1 Å². The van der Waals surface area contributed by atoms with E-state index < -0.39 is 28.1 Å². The molecule has 0 bridgehead atoms. The fourth-order valence-corrected chi connectivity index (χ4v) is 2.12. The molecule has 24 heavy (non-hydrogen) atoms. The molecule has 1 heterocycles. The number of nitrogens with zero attached hydrogens (tertiary/aromatic N) is 3. The Morgan fingerprint density at radius 1 is 1.46 bits per heavy atom. The molecule has 1 aromatic heterocycles. The van der Waals surface area contributed by atoms with Crippen molar-refractivity contribution in [2.75, 3.05) is 12.8 Å². The van der Waals surface area contributed by atoms with Gasteiger partial charge in [-0.1, -0.05) is 0 Å². The van der Waals surface area contributed by atoms with Crippen LogP contribution in [-0.2, 0) is 4.74 Å². The van der Waals surface area contributed by atoms with Gasteiger partial charge in [0.2, 0.25) is 0 Å². The molecule has 2 rings (SSSR count). The number of nitrogens with two attached hydrogens (primary N) is 1. The Morgan fingerprint density at radius 2 is 2.12 bits per heavy atom. The molecule has 0 atom stereocenters. The highest BCUT2D eigenvalue weighted by atomic mass is 16.6. The Labute approximate surface area is 134 Å². The van der Waals surface area contributed by atoms with Crippen molar-refractivity contribution in [3.63, 3.8) is 0 Å². The second-order valence-electron chi connectivity index (χ2n) is 4.54. The largest absolute Gasteiger partial charge is 0.477 e. The zero-order valence-electron chi connectivity index (χ0n) is 12.2. The summed E-state index contributed by atoms with van der Waals surface area (Å²) in [6, 6.07) is 5.02. The van der Waals surface area contributed by atoms with Crippen LogP contribution in [0.3, 0.4) is 0 Å². The van der Waals surface area contributed by atoms with Crippen molar-refractivity contribution in [3.8, 4) is 11.8 Å². The first-order chi connectivity index (χ1) is 11.3. The Kier molecular flexibility index (Phi) is 4.19. The average molecular weight is 330 g/mol. The first-order valence-electron chi connectivity index (χ1n) is 6.33. The fraction of sp³-hybridized carbons (Fsp3) is 0.0714. The average Bonchev–Trinajstić information content (AvgIpc) is 2.89. The van der Waals surface area contributed by atoms with Gasteiger partial charge in [0.1, 0.15) is 11.6 Å².